The molecule has 0 saturated carbocycles. The molecule has 2 aliphatic rings. The molecule has 11 heavy (non-hydrogen) atoms. The van der Waals surface area contributed by atoms with Crippen LogP contribution < -0.4 is 0 Å². The predicted molar refractivity (Wildman–Crippen MR) is 29.7 cm³/mol. The van der Waals surface area contributed by atoms with Gasteiger partial charge in [0.15, 0.2) is 0 Å². The van der Waals surface area contributed by atoms with Gasteiger partial charge in [-0.3, -0.25) is 0 Å². The molecule has 2 unspecified atom stereocenters. The fraction of sp³-hybridized carbons (Fsp3) is 0.500. The maximum atomic E-state index is 12.6. The summed E-state index contributed by atoms with van der Waals surface area (Å²) in [6, 6.07) is -5.86. The van der Waals surface area contributed by atoms with Crippen LogP contribution in [-0.2, 0) is 14.2 Å². The van der Waals surface area contributed by atoms with Crippen molar-refractivity contribution in [1.29, 1.82) is 0 Å². The molecule has 2 aliphatic heterocycles. The fourth-order valence-electron chi connectivity index (χ4n) is 0.618. The van der Waals surface area contributed by atoms with Gasteiger partial charge in [0.1, 0.15) is 0 Å². The van der Waals surface area contributed by atoms with E-state index in [9.17, 15) is 8.78 Å². The first-order valence-electron chi connectivity index (χ1n) is 2.48. The number of ether oxygens (including phenoxy) is 3. The first-order valence-corrected chi connectivity index (χ1v) is 3.24. The largest absolute Gasteiger partial charge is 0.474 e. The van der Waals surface area contributed by atoms with Crippen LogP contribution in [0, 0.1) is 0 Å². The topological polar surface area (TPSA) is 31.0 Å². The van der Waals surface area contributed by atoms with Crippen molar-refractivity contribution >= 4 is 23.2 Å². The van der Waals surface area contributed by atoms with Crippen molar-refractivity contribution in [2.75, 3.05) is 0 Å². The molecule has 1 saturated heterocycles. The highest BCUT2D eigenvalue weighted by molar-refractivity contribution is 6.37. The zero-order valence-electron chi connectivity index (χ0n) is 4.74. The number of hydrogen-bond donors (Lipinski definition) is 0. The van der Waals surface area contributed by atoms with E-state index in [2.05, 4.69) is 14.2 Å². The van der Waals surface area contributed by atoms with Gasteiger partial charge in [-0.2, -0.15) is 8.78 Å². The molecule has 2 atom stereocenters. The summed E-state index contributed by atoms with van der Waals surface area (Å²) in [5.74, 6) is 0. The van der Waals surface area contributed by atoms with Gasteiger partial charge in [0.2, 0.25) is 10.4 Å². The second kappa shape index (κ2) is 1.73. The number of rotatable bonds is 0. The van der Waals surface area contributed by atoms with Gasteiger partial charge >= 0.3 is 12.1 Å². The minimum Gasteiger partial charge on any atom is -0.412 e. The first-order chi connectivity index (χ1) is 4.97. The predicted octanol–water partition coefficient (Wildman–Crippen LogP) is 1.91. The number of fused-ring (bicyclic) bond motifs is 1. The van der Waals surface area contributed by atoms with Gasteiger partial charge in [0.25, 0.3) is 0 Å². The minimum absolute atomic E-state index is 0.569. The van der Waals surface area contributed by atoms with E-state index in [1.165, 1.54) is 0 Å². The molecule has 0 aromatic rings. The molecule has 3 nitrogen and oxygen atoms in total. The summed E-state index contributed by atoms with van der Waals surface area (Å²) in [7, 11) is 0. The number of alkyl halides is 2. The fourth-order valence-corrected chi connectivity index (χ4v) is 0.893. The lowest BCUT2D eigenvalue weighted by molar-refractivity contribution is -0.167. The minimum atomic E-state index is -2.93. The van der Waals surface area contributed by atoms with Gasteiger partial charge in [-0.15, -0.1) is 0 Å². The lowest BCUT2D eigenvalue weighted by Gasteiger charge is -2.14. The highest BCUT2D eigenvalue weighted by atomic mass is 35.5. The van der Waals surface area contributed by atoms with Crippen LogP contribution in [0.25, 0.3) is 0 Å². The maximum Gasteiger partial charge on any atom is 0.474 e. The average Bonchev–Trinajstić information content (AvgIpc) is 2.33. The normalized spacial score (nSPS) is 47.6. The van der Waals surface area contributed by atoms with Crippen LogP contribution in [0.5, 0.6) is 0 Å². The third-order valence-electron chi connectivity index (χ3n) is 1.17. The van der Waals surface area contributed by atoms with Crippen LogP contribution in [0.3, 0.4) is 0 Å². The maximum absolute atomic E-state index is 12.6. The Hall–Kier alpha value is -0.260. The summed E-state index contributed by atoms with van der Waals surface area (Å²) in [5, 5.41) is -1.14. The molecule has 0 spiro atoms. The summed E-state index contributed by atoms with van der Waals surface area (Å²) in [4.78, 5) is 0. The Morgan fingerprint density at radius 1 is 1.00 bits per heavy atom. The van der Waals surface area contributed by atoms with E-state index in [0.29, 0.717) is 0 Å². The molecular formula is C4Cl2F2O3. The lowest BCUT2D eigenvalue weighted by atomic mass is 10.6. The van der Waals surface area contributed by atoms with Crippen molar-refractivity contribution < 1.29 is 23.0 Å². The number of halogens is 4. The molecular weight excluding hydrogens is 205 g/mol. The highest BCUT2D eigenvalue weighted by Gasteiger charge is 2.85. The van der Waals surface area contributed by atoms with Crippen LogP contribution in [0.1, 0.15) is 0 Å². The van der Waals surface area contributed by atoms with E-state index < -0.39 is 22.5 Å². The van der Waals surface area contributed by atoms with E-state index >= 15 is 0 Å². The first kappa shape index (κ1) is 7.39. The zero-order valence-corrected chi connectivity index (χ0v) is 6.25. The highest BCUT2D eigenvalue weighted by Crippen LogP contribution is 2.58. The van der Waals surface area contributed by atoms with Gasteiger partial charge in [-0.1, -0.05) is 0 Å². The molecule has 0 bridgehead atoms. The van der Waals surface area contributed by atoms with E-state index in [1.54, 1.807) is 0 Å². The van der Waals surface area contributed by atoms with E-state index in [4.69, 9.17) is 23.2 Å². The van der Waals surface area contributed by atoms with Crippen molar-refractivity contribution in [2.45, 2.75) is 12.1 Å². The molecule has 0 amide bonds. The Kier molecular flexibility index (Phi) is 1.16. The molecule has 7 heteroatoms. The van der Waals surface area contributed by atoms with Gasteiger partial charge in [-0.05, 0) is 23.2 Å². The number of hydrogen-bond acceptors (Lipinski definition) is 3. The van der Waals surface area contributed by atoms with Crippen LogP contribution in [0.15, 0.2) is 10.4 Å². The summed E-state index contributed by atoms with van der Waals surface area (Å²) < 4.78 is 37.2. The zero-order chi connectivity index (χ0) is 8.28. The summed E-state index contributed by atoms with van der Waals surface area (Å²) in [6.45, 7) is 0. The van der Waals surface area contributed by atoms with Crippen LogP contribution in [0.4, 0.5) is 8.78 Å². The molecule has 2 rings (SSSR count). The molecule has 1 fully saturated rings. The molecule has 0 N–H and O–H groups in total. The Labute approximate surface area is 69.4 Å². The Balaban J connectivity index is 2.30. The van der Waals surface area contributed by atoms with Crippen molar-refractivity contribution in [1.82, 2.24) is 0 Å². The molecule has 2 heterocycles. The second-order valence-electron chi connectivity index (χ2n) is 1.93. The standard InChI is InChI=1S/C4Cl2F2O3/c5-1-2(6)10-4(8)3(7,9-1)11-4. The van der Waals surface area contributed by atoms with Gasteiger partial charge < -0.3 is 9.47 Å². The smallest absolute Gasteiger partial charge is 0.412 e. The van der Waals surface area contributed by atoms with E-state index in [1.807, 2.05) is 0 Å². The molecule has 0 radical (unpaired) electrons. The van der Waals surface area contributed by atoms with Crippen molar-refractivity contribution in [2.24, 2.45) is 0 Å². The Morgan fingerprint density at radius 2 is 1.36 bits per heavy atom. The van der Waals surface area contributed by atoms with Crippen molar-refractivity contribution in [3.8, 4) is 0 Å². The average molecular weight is 205 g/mol. The number of epoxide rings is 1. The van der Waals surface area contributed by atoms with Crippen LogP contribution in [0.2, 0.25) is 0 Å². The van der Waals surface area contributed by atoms with Crippen molar-refractivity contribution in [3.05, 3.63) is 10.4 Å². The van der Waals surface area contributed by atoms with Crippen LogP contribution in [-0.4, -0.2) is 12.1 Å². The molecule has 0 aliphatic carbocycles. The lowest BCUT2D eigenvalue weighted by Crippen LogP contribution is -2.26. The third-order valence-corrected chi connectivity index (χ3v) is 1.77. The van der Waals surface area contributed by atoms with Crippen LogP contribution >= 0.6 is 23.2 Å². The molecule has 0 aromatic heterocycles. The summed E-state index contributed by atoms with van der Waals surface area (Å²) in [6.07, 6.45) is 0. The third kappa shape index (κ3) is 0.816. The monoisotopic (exact) mass is 204 g/mol. The summed E-state index contributed by atoms with van der Waals surface area (Å²) >= 11 is 10.3. The molecule has 62 valence electrons. The van der Waals surface area contributed by atoms with Gasteiger partial charge in [0.05, 0.1) is 0 Å². The van der Waals surface area contributed by atoms with E-state index in [0.717, 1.165) is 0 Å². The summed E-state index contributed by atoms with van der Waals surface area (Å²) in [5.41, 5.74) is 0. The quantitative estimate of drug-likeness (QED) is 0.566. The van der Waals surface area contributed by atoms with Crippen molar-refractivity contribution in [3.63, 3.8) is 0 Å². The SMILES string of the molecule is FC12OC(Cl)=C(Cl)OC1(F)O2. The second-order valence-corrected chi connectivity index (χ2v) is 2.61. The van der Waals surface area contributed by atoms with Gasteiger partial charge in [-0.25, -0.2) is 4.74 Å². The van der Waals surface area contributed by atoms with E-state index in [-0.39, 0.29) is 0 Å². The molecule has 0 aromatic carbocycles. The Bertz CT molecular complexity index is 234. The van der Waals surface area contributed by atoms with Gasteiger partial charge in [0, 0.05) is 0 Å². The Morgan fingerprint density at radius 3 is 1.73 bits per heavy atom.